The number of primary amides is 1. The van der Waals surface area contributed by atoms with E-state index in [1.807, 2.05) is 0 Å². The molecule has 0 aliphatic carbocycles. The Morgan fingerprint density at radius 1 is 1.31 bits per heavy atom. The van der Waals surface area contributed by atoms with Crippen LogP contribution >= 0.6 is 11.3 Å². The number of aromatic nitrogens is 2. The van der Waals surface area contributed by atoms with Gasteiger partial charge in [0, 0.05) is 6.42 Å². The number of Topliss-reactive ketones (excluding diaryl/α,β-unsaturated/α-hetero) is 1. The van der Waals surface area contributed by atoms with Crippen molar-refractivity contribution >= 4 is 38.8 Å². The van der Waals surface area contributed by atoms with Crippen molar-refractivity contribution in [2.24, 2.45) is 11.7 Å². The van der Waals surface area contributed by atoms with Gasteiger partial charge < -0.3 is 15.6 Å². The largest absolute Gasteiger partial charge is 0.370 e. The summed E-state index contributed by atoms with van der Waals surface area (Å²) in [5, 5.41) is 7.85. The van der Waals surface area contributed by atoms with Crippen molar-refractivity contribution in [1.29, 1.82) is 0 Å². The smallest absolute Gasteiger partial charge is 0.296 e. The summed E-state index contributed by atoms with van der Waals surface area (Å²) in [4.78, 5) is 40.7. The zero-order chi connectivity index (χ0) is 21.6. The molecule has 0 bridgehead atoms. The molecule has 2 amide bonds. The zero-order valence-electron chi connectivity index (χ0n) is 16.0. The predicted molar refractivity (Wildman–Crippen MR) is 106 cm³/mol. The lowest BCUT2D eigenvalue weighted by molar-refractivity contribution is -0.122. The molecule has 0 radical (unpaired) electrons. The Morgan fingerprint density at radius 2 is 2.03 bits per heavy atom. The summed E-state index contributed by atoms with van der Waals surface area (Å²) in [7, 11) is -3.41. The van der Waals surface area contributed by atoms with Crippen LogP contribution in [0.3, 0.4) is 0 Å². The molecule has 0 aliphatic heterocycles. The van der Waals surface area contributed by atoms with E-state index in [4.69, 9.17) is 10.3 Å². The van der Waals surface area contributed by atoms with Gasteiger partial charge in [-0.3, -0.25) is 14.4 Å². The lowest BCUT2D eigenvalue weighted by atomic mass is 10.1. The maximum atomic E-state index is 12.6. The third-order valence-electron chi connectivity index (χ3n) is 3.66. The third-order valence-corrected chi connectivity index (χ3v) is 6.53. The molecule has 1 unspecified atom stereocenters. The average Bonchev–Trinajstić information content (AvgIpc) is 3.28. The molecule has 2 heterocycles. The number of nitrogens with two attached hydrogens (primary N) is 1. The van der Waals surface area contributed by atoms with E-state index >= 15 is 0 Å². The summed E-state index contributed by atoms with van der Waals surface area (Å²) >= 11 is 1.35. The molecule has 10 nitrogen and oxygen atoms in total. The fraction of sp³-hybridized carbons (Fsp3) is 0.471. The molecule has 12 heteroatoms. The predicted octanol–water partition coefficient (Wildman–Crippen LogP) is 0.802. The molecule has 1 atom stereocenters. The average molecular weight is 443 g/mol. The van der Waals surface area contributed by atoms with E-state index in [2.05, 4.69) is 15.5 Å². The molecule has 0 spiro atoms. The van der Waals surface area contributed by atoms with E-state index in [0.717, 1.165) is 0 Å². The van der Waals surface area contributed by atoms with Crippen molar-refractivity contribution < 1.29 is 27.3 Å². The van der Waals surface area contributed by atoms with Crippen LogP contribution in [0.25, 0.3) is 10.7 Å². The SMILES string of the molecule is CC(C)CS(=O)(=O)CCC(=O)NC(CC(N)=O)C(=O)c1nc(-c2cccs2)no1. The number of carbonyl (C=O) groups is 3. The van der Waals surface area contributed by atoms with Gasteiger partial charge in [-0.1, -0.05) is 25.1 Å². The molecule has 2 rings (SSSR count). The molecule has 0 saturated carbocycles. The van der Waals surface area contributed by atoms with Gasteiger partial charge >= 0.3 is 0 Å². The maximum absolute atomic E-state index is 12.6. The first kappa shape index (κ1) is 22.7. The Morgan fingerprint density at radius 3 is 2.62 bits per heavy atom. The number of amides is 2. The number of ketones is 1. The first-order valence-electron chi connectivity index (χ1n) is 8.77. The fourth-order valence-corrected chi connectivity index (χ4v) is 4.82. The first-order valence-corrected chi connectivity index (χ1v) is 11.5. The van der Waals surface area contributed by atoms with Crippen LogP contribution in [-0.4, -0.2) is 53.7 Å². The van der Waals surface area contributed by atoms with Gasteiger partial charge in [0.1, 0.15) is 6.04 Å². The van der Waals surface area contributed by atoms with Crippen LogP contribution in [0.4, 0.5) is 0 Å². The van der Waals surface area contributed by atoms with Gasteiger partial charge in [0.05, 0.1) is 22.8 Å². The second-order valence-electron chi connectivity index (χ2n) is 6.81. The van der Waals surface area contributed by atoms with E-state index in [-0.39, 0.29) is 35.6 Å². The number of thiophene rings is 1. The van der Waals surface area contributed by atoms with Gasteiger partial charge in [-0.15, -0.1) is 11.3 Å². The standard InChI is InChI=1S/C17H22N4O6S2/c1-10(2)9-29(25,26)7-5-14(23)19-11(8-13(18)22)15(24)17-20-16(21-27-17)12-4-3-6-28-12/h3-4,6,10-11H,5,7-9H2,1-2H3,(H2,18,22)(H,19,23). The second-order valence-corrected chi connectivity index (χ2v) is 9.99. The van der Waals surface area contributed by atoms with E-state index in [0.29, 0.717) is 4.88 Å². The van der Waals surface area contributed by atoms with E-state index in [9.17, 15) is 22.8 Å². The number of hydrogen-bond donors (Lipinski definition) is 2. The topological polar surface area (TPSA) is 162 Å². The van der Waals surface area contributed by atoms with Crippen molar-refractivity contribution in [3.05, 3.63) is 23.4 Å². The number of nitrogens with zero attached hydrogens (tertiary/aromatic N) is 2. The highest BCUT2D eigenvalue weighted by atomic mass is 32.2. The van der Waals surface area contributed by atoms with E-state index in [1.165, 1.54) is 11.3 Å². The zero-order valence-corrected chi connectivity index (χ0v) is 17.6. The van der Waals surface area contributed by atoms with Gasteiger partial charge in [0.15, 0.2) is 9.84 Å². The number of rotatable bonds is 11. The number of hydrogen-bond acceptors (Lipinski definition) is 9. The maximum Gasteiger partial charge on any atom is 0.296 e. The molecule has 29 heavy (non-hydrogen) atoms. The highest BCUT2D eigenvalue weighted by Gasteiger charge is 2.29. The van der Waals surface area contributed by atoms with Crippen molar-refractivity contribution in [3.8, 4) is 10.7 Å². The molecule has 2 aromatic heterocycles. The lowest BCUT2D eigenvalue weighted by Crippen LogP contribution is -2.44. The fourth-order valence-electron chi connectivity index (χ4n) is 2.49. The summed E-state index contributed by atoms with van der Waals surface area (Å²) in [6.45, 7) is 3.52. The van der Waals surface area contributed by atoms with Crippen LogP contribution < -0.4 is 11.1 Å². The number of nitrogens with one attached hydrogen (secondary N) is 1. The quantitative estimate of drug-likeness (QED) is 0.483. The highest BCUT2D eigenvalue weighted by Crippen LogP contribution is 2.21. The Hall–Kier alpha value is -2.60. The molecule has 0 fully saturated rings. The highest BCUT2D eigenvalue weighted by molar-refractivity contribution is 7.91. The van der Waals surface area contributed by atoms with Gasteiger partial charge in [0.25, 0.3) is 5.89 Å². The number of sulfone groups is 1. The van der Waals surface area contributed by atoms with Crippen molar-refractivity contribution in [2.45, 2.75) is 32.7 Å². The summed E-state index contributed by atoms with van der Waals surface area (Å²) in [5.74, 6) is -2.96. The van der Waals surface area contributed by atoms with Gasteiger partial charge in [-0.05, 0) is 17.4 Å². The number of carbonyl (C=O) groups excluding carboxylic acids is 3. The Kier molecular flexibility index (Phi) is 7.62. The third kappa shape index (κ3) is 7.06. The van der Waals surface area contributed by atoms with Crippen molar-refractivity contribution in [2.75, 3.05) is 11.5 Å². The van der Waals surface area contributed by atoms with E-state index in [1.54, 1.807) is 31.4 Å². The molecule has 0 aromatic carbocycles. The molecule has 158 valence electrons. The lowest BCUT2D eigenvalue weighted by Gasteiger charge is -2.14. The van der Waals surface area contributed by atoms with Crippen molar-refractivity contribution in [3.63, 3.8) is 0 Å². The van der Waals surface area contributed by atoms with Gasteiger partial charge in [-0.2, -0.15) is 4.98 Å². The minimum atomic E-state index is -3.41. The van der Waals surface area contributed by atoms with Crippen molar-refractivity contribution in [1.82, 2.24) is 15.5 Å². The molecule has 3 N–H and O–H groups in total. The summed E-state index contributed by atoms with van der Waals surface area (Å²) < 4.78 is 28.8. The van der Waals surface area contributed by atoms with Crippen LogP contribution in [-0.2, 0) is 19.4 Å². The molecule has 0 aliphatic rings. The monoisotopic (exact) mass is 442 g/mol. The summed E-state index contributed by atoms with van der Waals surface area (Å²) in [6, 6.07) is 2.19. The Balaban J connectivity index is 2.06. The van der Waals surface area contributed by atoms with Crippen LogP contribution in [0.2, 0.25) is 0 Å². The molecule has 0 saturated heterocycles. The van der Waals surface area contributed by atoms with Crippen LogP contribution in [0.1, 0.15) is 37.4 Å². The van der Waals surface area contributed by atoms with Crippen LogP contribution in [0.5, 0.6) is 0 Å². The second kappa shape index (κ2) is 9.74. The molecule has 2 aromatic rings. The summed E-state index contributed by atoms with van der Waals surface area (Å²) in [5.41, 5.74) is 5.16. The minimum absolute atomic E-state index is 0.0442. The van der Waals surface area contributed by atoms with Crippen LogP contribution in [0.15, 0.2) is 22.0 Å². The van der Waals surface area contributed by atoms with E-state index < -0.39 is 39.9 Å². The molecular weight excluding hydrogens is 420 g/mol. The van der Waals surface area contributed by atoms with Gasteiger partial charge in [-0.25, -0.2) is 8.42 Å². The summed E-state index contributed by atoms with van der Waals surface area (Å²) in [6.07, 6.45) is -0.831. The first-order chi connectivity index (χ1) is 13.6. The molecular formula is C17H22N4O6S2. The Labute approximate surface area is 171 Å². The normalized spacial score (nSPS) is 12.7. The Bertz CT molecular complexity index is 966. The minimum Gasteiger partial charge on any atom is -0.370 e. The van der Waals surface area contributed by atoms with Crippen LogP contribution in [0, 0.1) is 5.92 Å². The van der Waals surface area contributed by atoms with Gasteiger partial charge in [0.2, 0.25) is 23.4 Å².